The average molecular weight is 324 g/mol. The van der Waals surface area contributed by atoms with Gasteiger partial charge in [-0.25, -0.2) is 4.79 Å². The monoisotopic (exact) mass is 324 g/mol. The first-order valence-corrected chi connectivity index (χ1v) is 7.31. The van der Waals surface area contributed by atoms with Crippen LogP contribution in [0.25, 0.3) is 0 Å². The van der Waals surface area contributed by atoms with Crippen LogP contribution in [0.2, 0.25) is 0 Å². The number of nitriles is 1. The van der Waals surface area contributed by atoms with Crippen molar-refractivity contribution in [3.05, 3.63) is 73.3 Å². The number of hydrogen-bond donors (Lipinski definition) is 1. The Kier molecular flexibility index (Phi) is 3.53. The van der Waals surface area contributed by atoms with E-state index in [4.69, 9.17) is 10.5 Å². The van der Waals surface area contributed by atoms with Crippen LogP contribution in [0.5, 0.6) is 5.88 Å². The molecule has 0 amide bonds. The summed E-state index contributed by atoms with van der Waals surface area (Å²) in [5.74, 6) is -0.700. The zero-order valence-corrected chi connectivity index (χ0v) is 13.5. The zero-order valence-electron chi connectivity index (χ0n) is 13.5. The molecule has 2 heterocycles. The van der Waals surface area contributed by atoms with E-state index >= 15 is 0 Å². The lowest BCUT2D eigenvalue weighted by atomic mass is 9.85. The molecule has 0 bridgehead atoms. The molecule has 7 heteroatoms. The van der Waals surface area contributed by atoms with Crippen LogP contribution < -0.4 is 21.7 Å². The molecule has 0 fully saturated rings. The standard InChI is InChI=1S/C17H16N4O3/c1-9-4-6-10(7-5-9)12-11(8-18)14(19)24-16-13(12)15(22)20(2)17(23)21(16)3/h4-7,12H,19H2,1-3H3/t12-/m1/s1. The maximum Gasteiger partial charge on any atom is 0.333 e. The fourth-order valence-corrected chi connectivity index (χ4v) is 2.88. The Labute approximate surface area is 137 Å². The molecule has 1 atom stereocenters. The van der Waals surface area contributed by atoms with E-state index in [1.54, 1.807) is 0 Å². The molecule has 7 nitrogen and oxygen atoms in total. The van der Waals surface area contributed by atoms with E-state index in [1.807, 2.05) is 37.3 Å². The van der Waals surface area contributed by atoms with Gasteiger partial charge in [-0.1, -0.05) is 29.8 Å². The second kappa shape index (κ2) is 5.42. The van der Waals surface area contributed by atoms with Crippen molar-refractivity contribution >= 4 is 0 Å². The highest BCUT2D eigenvalue weighted by Gasteiger charge is 2.35. The second-order valence-corrected chi connectivity index (χ2v) is 5.76. The summed E-state index contributed by atoms with van der Waals surface area (Å²) in [7, 11) is 2.89. The van der Waals surface area contributed by atoms with Crippen molar-refractivity contribution in [3.8, 4) is 11.9 Å². The van der Waals surface area contributed by atoms with Crippen LogP contribution >= 0.6 is 0 Å². The van der Waals surface area contributed by atoms with Crippen LogP contribution in [0, 0.1) is 18.3 Å². The number of fused-ring (bicyclic) bond motifs is 1. The van der Waals surface area contributed by atoms with Crippen LogP contribution in [0.4, 0.5) is 0 Å². The van der Waals surface area contributed by atoms with E-state index in [2.05, 4.69) is 0 Å². The van der Waals surface area contributed by atoms with Gasteiger partial charge < -0.3 is 10.5 Å². The van der Waals surface area contributed by atoms with Gasteiger partial charge >= 0.3 is 5.69 Å². The first kappa shape index (κ1) is 15.6. The number of nitrogens with two attached hydrogens (primary N) is 1. The maximum absolute atomic E-state index is 12.7. The Bertz CT molecular complexity index is 1020. The summed E-state index contributed by atoms with van der Waals surface area (Å²) in [6.45, 7) is 1.94. The van der Waals surface area contributed by atoms with Gasteiger partial charge in [0.1, 0.15) is 11.6 Å². The molecule has 24 heavy (non-hydrogen) atoms. The summed E-state index contributed by atoms with van der Waals surface area (Å²) in [4.78, 5) is 24.8. The van der Waals surface area contributed by atoms with Gasteiger partial charge in [-0.15, -0.1) is 0 Å². The lowest BCUT2D eigenvalue weighted by molar-refractivity contribution is 0.348. The zero-order chi connectivity index (χ0) is 17.6. The highest BCUT2D eigenvalue weighted by atomic mass is 16.5. The Morgan fingerprint density at radius 2 is 1.79 bits per heavy atom. The molecule has 122 valence electrons. The minimum absolute atomic E-state index is 0.0742. The molecule has 0 aliphatic carbocycles. The summed E-state index contributed by atoms with van der Waals surface area (Å²) in [6, 6.07) is 9.49. The summed E-state index contributed by atoms with van der Waals surface area (Å²) in [5, 5.41) is 9.51. The van der Waals surface area contributed by atoms with Crippen LogP contribution in [0.1, 0.15) is 22.6 Å². The molecular formula is C17H16N4O3. The number of nitrogens with zero attached hydrogens (tertiary/aromatic N) is 3. The quantitative estimate of drug-likeness (QED) is 0.828. The SMILES string of the molecule is Cc1ccc([C@@H]2C(C#N)=C(N)Oc3c2c(=O)n(C)c(=O)n3C)cc1. The summed E-state index contributed by atoms with van der Waals surface area (Å²) >= 11 is 0. The van der Waals surface area contributed by atoms with Gasteiger partial charge in [-0.3, -0.25) is 13.9 Å². The normalized spacial score (nSPS) is 16.3. The number of benzene rings is 1. The Hall–Kier alpha value is -3.27. The van der Waals surface area contributed by atoms with E-state index in [0.717, 1.165) is 15.7 Å². The first-order valence-electron chi connectivity index (χ1n) is 7.31. The summed E-state index contributed by atoms with van der Waals surface area (Å²) < 4.78 is 7.66. The number of aryl methyl sites for hydroxylation is 1. The third kappa shape index (κ3) is 2.12. The Morgan fingerprint density at radius 1 is 1.17 bits per heavy atom. The molecule has 1 aliphatic rings. The predicted octanol–water partition coefficient (Wildman–Crippen LogP) is 0.611. The van der Waals surface area contributed by atoms with E-state index < -0.39 is 17.2 Å². The van der Waals surface area contributed by atoms with Crippen LogP contribution in [-0.2, 0) is 14.1 Å². The van der Waals surface area contributed by atoms with Gasteiger partial charge in [-0.2, -0.15) is 5.26 Å². The molecule has 0 spiro atoms. The number of allylic oxidation sites excluding steroid dienone is 1. The Morgan fingerprint density at radius 3 is 2.38 bits per heavy atom. The molecule has 3 rings (SSSR count). The lowest BCUT2D eigenvalue weighted by Gasteiger charge is -2.27. The lowest BCUT2D eigenvalue weighted by Crippen LogP contribution is -2.42. The predicted molar refractivity (Wildman–Crippen MR) is 87.4 cm³/mol. The fourth-order valence-electron chi connectivity index (χ4n) is 2.88. The van der Waals surface area contributed by atoms with Crippen LogP contribution in [0.15, 0.2) is 45.3 Å². The number of hydrogen-bond acceptors (Lipinski definition) is 5. The van der Waals surface area contributed by atoms with Crippen molar-refractivity contribution in [1.82, 2.24) is 9.13 Å². The third-order valence-electron chi connectivity index (χ3n) is 4.22. The molecule has 1 aromatic heterocycles. The molecule has 0 unspecified atom stereocenters. The second-order valence-electron chi connectivity index (χ2n) is 5.76. The third-order valence-corrected chi connectivity index (χ3v) is 4.22. The minimum atomic E-state index is -0.676. The van der Waals surface area contributed by atoms with E-state index in [-0.39, 0.29) is 22.9 Å². The van der Waals surface area contributed by atoms with E-state index in [1.165, 1.54) is 18.7 Å². The van der Waals surface area contributed by atoms with Crippen LogP contribution in [-0.4, -0.2) is 9.13 Å². The molecule has 0 radical (unpaired) electrons. The molecule has 1 aliphatic heterocycles. The van der Waals surface area contributed by atoms with Crippen molar-refractivity contribution < 1.29 is 4.74 Å². The highest BCUT2D eigenvalue weighted by molar-refractivity contribution is 5.53. The van der Waals surface area contributed by atoms with Crippen molar-refractivity contribution in [3.63, 3.8) is 0 Å². The summed E-state index contributed by atoms with van der Waals surface area (Å²) in [5.41, 5.74) is 7.03. The van der Waals surface area contributed by atoms with Gasteiger partial charge in [0.05, 0.1) is 11.5 Å². The van der Waals surface area contributed by atoms with Crippen molar-refractivity contribution in [2.45, 2.75) is 12.8 Å². The van der Waals surface area contributed by atoms with Crippen molar-refractivity contribution in [2.24, 2.45) is 19.8 Å². The number of aromatic nitrogens is 2. The van der Waals surface area contributed by atoms with Gasteiger partial charge in [0.25, 0.3) is 5.56 Å². The van der Waals surface area contributed by atoms with Crippen LogP contribution in [0.3, 0.4) is 0 Å². The smallest absolute Gasteiger partial charge is 0.333 e. The van der Waals surface area contributed by atoms with Crippen molar-refractivity contribution in [2.75, 3.05) is 0 Å². The molecule has 0 saturated carbocycles. The topological polar surface area (TPSA) is 103 Å². The van der Waals surface area contributed by atoms with Gasteiger partial charge in [0.15, 0.2) is 0 Å². The largest absolute Gasteiger partial charge is 0.423 e. The molecule has 1 aromatic carbocycles. The number of ether oxygens (including phenoxy) is 1. The summed E-state index contributed by atoms with van der Waals surface area (Å²) in [6.07, 6.45) is 0. The van der Waals surface area contributed by atoms with Gasteiger partial charge in [0.2, 0.25) is 11.8 Å². The van der Waals surface area contributed by atoms with Crippen molar-refractivity contribution in [1.29, 1.82) is 5.26 Å². The molecule has 2 N–H and O–H groups in total. The maximum atomic E-state index is 12.7. The first-order chi connectivity index (χ1) is 11.4. The van der Waals surface area contributed by atoms with E-state index in [9.17, 15) is 14.9 Å². The molecule has 0 saturated heterocycles. The van der Waals surface area contributed by atoms with E-state index in [0.29, 0.717) is 0 Å². The van der Waals surface area contributed by atoms with Gasteiger partial charge in [-0.05, 0) is 12.5 Å². The fraction of sp³-hybridized carbons (Fsp3) is 0.235. The average Bonchev–Trinajstić information content (AvgIpc) is 2.57. The molecular weight excluding hydrogens is 308 g/mol. The highest BCUT2D eigenvalue weighted by Crippen LogP contribution is 2.39. The number of rotatable bonds is 1. The molecule has 2 aromatic rings. The van der Waals surface area contributed by atoms with Gasteiger partial charge in [0, 0.05) is 14.1 Å². The Balaban J connectivity index is 2.41. The minimum Gasteiger partial charge on any atom is -0.423 e.